The third-order valence-corrected chi connectivity index (χ3v) is 12.3. The summed E-state index contributed by atoms with van der Waals surface area (Å²) in [5.74, 6) is -6.78. The first-order chi connectivity index (χ1) is 40.6. The van der Waals surface area contributed by atoms with E-state index >= 15 is 0 Å². The van der Waals surface area contributed by atoms with E-state index in [4.69, 9.17) is 32.7 Å². The lowest BCUT2D eigenvalue weighted by molar-refractivity contribution is -0.138. The van der Waals surface area contributed by atoms with E-state index in [1.807, 2.05) is 0 Å². The number of aryl methyl sites for hydroxylation is 1. The van der Waals surface area contributed by atoms with Crippen LogP contribution in [0.5, 0.6) is 23.0 Å². The van der Waals surface area contributed by atoms with Crippen molar-refractivity contribution in [2.45, 2.75) is 45.5 Å². The number of aliphatic hydroxyl groups excluding tert-OH is 2. The Balaban J connectivity index is 1.01. The number of allylic oxidation sites excluding steroid dienone is 2. The number of aliphatic hydroxyl groups is 2. The number of alkyl halides is 12. The van der Waals surface area contributed by atoms with E-state index in [0.29, 0.717) is 48.5 Å². The van der Waals surface area contributed by atoms with Gasteiger partial charge in [-0.05, 0) is 166 Å². The molecule has 0 saturated heterocycles. The molecule has 0 aliphatic rings. The molecule has 30 heteroatoms. The van der Waals surface area contributed by atoms with Crippen LogP contribution in [0.1, 0.15) is 62.4 Å². The Morgan fingerprint density at radius 2 is 0.805 bits per heavy atom. The number of halogens is 14. The number of benzene rings is 7. The van der Waals surface area contributed by atoms with Gasteiger partial charge in [-0.25, -0.2) is 0 Å². The smallest absolute Gasteiger partial charge is 0.416 e. The molecule has 7 aromatic rings. The van der Waals surface area contributed by atoms with Gasteiger partial charge >= 0.3 is 24.7 Å². The Labute approximate surface area is 492 Å². The van der Waals surface area contributed by atoms with Crippen LogP contribution in [-0.2, 0) is 34.3 Å². The van der Waals surface area contributed by atoms with E-state index in [2.05, 4.69) is 41.7 Å². The van der Waals surface area contributed by atoms with Crippen LogP contribution in [0.2, 0.25) is 10.0 Å². The summed E-state index contributed by atoms with van der Waals surface area (Å²) >= 11 is 12.6. The van der Waals surface area contributed by atoms with Crippen molar-refractivity contribution in [2.75, 3.05) is 21.3 Å². The van der Waals surface area contributed by atoms with Crippen molar-refractivity contribution in [1.29, 1.82) is 0 Å². The quantitative estimate of drug-likeness (QED) is 0.0236. The molecule has 0 atom stereocenters. The van der Waals surface area contributed by atoms with Crippen molar-refractivity contribution in [3.63, 3.8) is 0 Å². The van der Waals surface area contributed by atoms with Crippen molar-refractivity contribution >= 4 is 81.0 Å². The minimum atomic E-state index is -4.90. The predicted molar refractivity (Wildman–Crippen MR) is 293 cm³/mol. The van der Waals surface area contributed by atoms with Gasteiger partial charge in [0.15, 0.2) is 22.9 Å². The Morgan fingerprint density at radius 1 is 0.437 bits per heavy atom. The Hall–Kier alpha value is -9.96. The van der Waals surface area contributed by atoms with Gasteiger partial charge in [-0.15, -0.1) is 20.5 Å². The van der Waals surface area contributed by atoms with E-state index in [9.17, 15) is 82.1 Å². The first-order valence-electron chi connectivity index (χ1n) is 24.4. The molecule has 0 heterocycles. The Kier molecular flexibility index (Phi) is 19.4. The second-order valence-electron chi connectivity index (χ2n) is 18.1. The van der Waals surface area contributed by atoms with Gasteiger partial charge in [0, 0.05) is 22.5 Å². The van der Waals surface area contributed by atoms with Crippen molar-refractivity contribution in [2.24, 2.45) is 20.5 Å². The van der Waals surface area contributed by atoms with Gasteiger partial charge < -0.3 is 41.0 Å². The summed E-state index contributed by atoms with van der Waals surface area (Å²) < 4.78 is 172. The molecule has 7 rings (SSSR count). The Bertz CT molecular complexity index is 3940. The molecule has 16 nitrogen and oxygen atoms in total. The first-order valence-corrected chi connectivity index (χ1v) is 25.1. The van der Waals surface area contributed by atoms with Crippen LogP contribution < -0.4 is 30.7 Å². The lowest BCUT2D eigenvalue weighted by Gasteiger charge is -2.16. The lowest BCUT2D eigenvalue weighted by atomic mass is 10.1. The summed E-state index contributed by atoms with van der Waals surface area (Å²) in [6.45, 7) is 3.64. The van der Waals surface area contributed by atoms with Crippen molar-refractivity contribution in [1.82, 2.24) is 0 Å². The van der Waals surface area contributed by atoms with Crippen LogP contribution in [0.15, 0.2) is 183 Å². The van der Waals surface area contributed by atoms with E-state index < -0.39 is 105 Å². The Morgan fingerprint density at radius 3 is 1.16 bits per heavy atom. The average molecular weight is 1260 g/mol. The van der Waals surface area contributed by atoms with Gasteiger partial charge in [0.2, 0.25) is 0 Å². The van der Waals surface area contributed by atoms with E-state index in [1.54, 1.807) is 0 Å². The summed E-state index contributed by atoms with van der Waals surface area (Å²) in [6.07, 6.45) is -19.2. The number of azo groups is 2. The largest absolute Gasteiger partial charge is 0.510 e. The van der Waals surface area contributed by atoms with Crippen molar-refractivity contribution < 1.29 is 91.5 Å². The molecule has 0 fully saturated rings. The molecule has 0 unspecified atom stereocenters. The number of hydrogen-bond acceptors (Lipinski definition) is 12. The fourth-order valence-electron chi connectivity index (χ4n) is 7.34. The molecule has 7 aromatic carbocycles. The normalized spacial score (nSPS) is 12.7. The van der Waals surface area contributed by atoms with Crippen LogP contribution >= 0.6 is 23.2 Å². The minimum Gasteiger partial charge on any atom is -0.510 e. The maximum atomic E-state index is 13.7. The number of nitrogens with zero attached hydrogens (tertiary/aromatic N) is 4. The second kappa shape index (κ2) is 26.1. The third kappa shape index (κ3) is 16.9. The molecule has 0 saturated carbocycles. The van der Waals surface area contributed by atoms with Gasteiger partial charge in [0.05, 0.1) is 43.7 Å². The number of carbonyl (C=O) groups excluding carboxylic acids is 4. The summed E-state index contributed by atoms with van der Waals surface area (Å²) in [5, 5.41) is 45.5. The predicted octanol–water partition coefficient (Wildman–Crippen LogP) is 18.5. The molecule has 0 aliphatic carbocycles. The second-order valence-corrected chi connectivity index (χ2v) is 18.9. The molecule has 6 N–H and O–H groups in total. The number of amides is 4. The zero-order valence-electron chi connectivity index (χ0n) is 44.2. The zero-order chi connectivity index (χ0) is 63.9. The van der Waals surface area contributed by atoms with E-state index in [0.717, 1.165) is 86.6 Å². The highest BCUT2D eigenvalue weighted by Gasteiger charge is 2.34. The number of hydrogen-bond donors (Lipinski definition) is 6. The van der Waals surface area contributed by atoms with Gasteiger partial charge in [-0.1, -0.05) is 23.2 Å². The topological polar surface area (TPSA) is 225 Å². The molecular weight excluding hydrogens is 1220 g/mol. The average Bonchev–Trinajstić information content (AvgIpc) is 2.75. The van der Waals surface area contributed by atoms with E-state index in [-0.39, 0.29) is 72.5 Å². The number of anilines is 4. The fraction of sp³-hybridized carbons (Fsp3) is 0.123. The maximum absolute atomic E-state index is 13.7. The van der Waals surface area contributed by atoms with Crippen LogP contribution in [0.4, 0.5) is 86.8 Å². The number of carbonyl (C=O) groups is 4. The van der Waals surface area contributed by atoms with Crippen LogP contribution in [0.3, 0.4) is 0 Å². The summed E-state index contributed by atoms with van der Waals surface area (Å²) in [4.78, 5) is 53.9. The third-order valence-electron chi connectivity index (χ3n) is 11.7. The summed E-state index contributed by atoms with van der Waals surface area (Å²) in [6, 6.07) is 21.0. The fourth-order valence-corrected chi connectivity index (χ4v) is 7.65. The standard InChI is InChI=1S/C57H38Cl2F12N8O8/c1-27-22-36(72-52(84)48(28(2)80)78-76-42-23-30(4-17-39(42)58)50(82)74-44-25-34(56(66,67)68)10-20-46(44)86-37-13-6-32(7-14-37)54(60,61)62)12-19-41(27)73-53(85)49(29(3)81)79-77-43-24-31(5-18-40(43)59)51(83)75-45-26-35(57(69,70)71)11-21-47(45)87-38-15-8-33(9-16-38)55(63,64)65/h4-26,80-81H,1-3H3,(H,72,84)(H,73,85)(H,74,82)(H,75,83)/b48-28-,49-29-,78-76?,79-77?. The molecule has 0 spiro atoms. The monoisotopic (exact) mass is 1260 g/mol. The first kappa shape index (κ1) is 64.6. The van der Waals surface area contributed by atoms with Gasteiger partial charge in [-0.3, -0.25) is 19.2 Å². The molecule has 87 heavy (non-hydrogen) atoms. The lowest BCUT2D eigenvalue weighted by Crippen LogP contribution is -2.17. The molecule has 4 amide bonds. The molecule has 0 aliphatic heterocycles. The molecule has 0 aromatic heterocycles. The molecular formula is C57H38Cl2F12N8O8. The SMILES string of the molecule is C/C(O)=C(/N=Nc1cc(C(=O)Nc2cc(C(F)(F)F)ccc2Oc2ccc(C(F)(F)F)cc2)ccc1Cl)C(=O)Nc1ccc(NC(=O)/C(N=Nc2cc(C(=O)Nc3cc(C(F)(F)F)ccc3Oc3ccc(C(F)(F)F)cc3)ccc2Cl)=C(\C)O)c(C)c1. The number of ether oxygens (including phenoxy) is 2. The maximum Gasteiger partial charge on any atom is 0.416 e. The summed E-state index contributed by atoms with van der Waals surface area (Å²) in [7, 11) is 0. The number of nitrogens with one attached hydrogen (secondary N) is 4. The van der Waals surface area contributed by atoms with Gasteiger partial charge in [0.25, 0.3) is 23.6 Å². The highest BCUT2D eigenvalue weighted by molar-refractivity contribution is 6.33. The van der Waals surface area contributed by atoms with Gasteiger partial charge in [-0.2, -0.15) is 52.7 Å². The van der Waals surface area contributed by atoms with Crippen LogP contribution in [0.25, 0.3) is 0 Å². The van der Waals surface area contributed by atoms with Crippen LogP contribution in [0, 0.1) is 6.92 Å². The van der Waals surface area contributed by atoms with Crippen molar-refractivity contribution in [3.05, 3.63) is 211 Å². The number of rotatable bonds is 16. The highest BCUT2D eigenvalue weighted by atomic mass is 35.5. The molecule has 0 bridgehead atoms. The van der Waals surface area contributed by atoms with E-state index in [1.165, 1.54) is 25.1 Å². The van der Waals surface area contributed by atoms with Crippen molar-refractivity contribution in [3.8, 4) is 23.0 Å². The van der Waals surface area contributed by atoms with Gasteiger partial charge in [0.1, 0.15) is 34.4 Å². The molecule has 0 radical (unpaired) electrons. The molecule has 452 valence electrons. The summed E-state index contributed by atoms with van der Waals surface area (Å²) in [5.41, 5.74) is -7.67. The van der Waals surface area contributed by atoms with Crippen LogP contribution in [-0.4, -0.2) is 33.8 Å². The highest BCUT2D eigenvalue weighted by Crippen LogP contribution is 2.41. The zero-order valence-corrected chi connectivity index (χ0v) is 45.7. The minimum absolute atomic E-state index is 0.0562.